The molecule has 1 saturated carbocycles. The first-order valence-electron chi connectivity index (χ1n) is 8.83. The summed E-state index contributed by atoms with van der Waals surface area (Å²) in [5, 5.41) is 0. The SMILES string of the molecule is CCCCN(C)CC1CCN(C(=O)C2CCC(N)C2)CC1. The standard InChI is InChI=1S/C17H33N3O/c1-3-4-9-19(2)13-14-7-10-20(11-8-14)17(21)15-5-6-16(18)12-15/h14-16H,3-13,18H2,1-2H3. The van der Waals surface area contributed by atoms with Crippen LogP contribution in [0.25, 0.3) is 0 Å². The van der Waals surface area contributed by atoms with Gasteiger partial charge in [-0.1, -0.05) is 13.3 Å². The van der Waals surface area contributed by atoms with Gasteiger partial charge in [-0.25, -0.2) is 0 Å². The lowest BCUT2D eigenvalue weighted by atomic mass is 9.94. The number of amides is 1. The number of unbranched alkanes of at least 4 members (excludes halogenated alkanes) is 1. The molecule has 0 aromatic carbocycles. The van der Waals surface area contributed by atoms with Gasteiger partial charge in [-0.05, 0) is 58.0 Å². The van der Waals surface area contributed by atoms with Gasteiger partial charge in [-0.15, -0.1) is 0 Å². The summed E-state index contributed by atoms with van der Waals surface area (Å²) in [5.41, 5.74) is 5.93. The second-order valence-electron chi connectivity index (χ2n) is 7.15. The minimum absolute atomic E-state index is 0.212. The van der Waals surface area contributed by atoms with Crippen LogP contribution in [0.4, 0.5) is 0 Å². The van der Waals surface area contributed by atoms with E-state index in [4.69, 9.17) is 5.73 Å². The molecule has 2 fully saturated rings. The second-order valence-corrected chi connectivity index (χ2v) is 7.15. The molecule has 122 valence electrons. The number of piperidine rings is 1. The van der Waals surface area contributed by atoms with Crippen molar-refractivity contribution in [3.63, 3.8) is 0 Å². The van der Waals surface area contributed by atoms with E-state index in [2.05, 4.69) is 23.8 Å². The average Bonchev–Trinajstić information content (AvgIpc) is 2.92. The smallest absolute Gasteiger partial charge is 0.225 e. The average molecular weight is 295 g/mol. The van der Waals surface area contributed by atoms with Gasteiger partial charge in [0.15, 0.2) is 0 Å². The third kappa shape index (κ3) is 4.96. The minimum Gasteiger partial charge on any atom is -0.342 e. The number of likely N-dealkylation sites (tertiary alicyclic amines) is 1. The quantitative estimate of drug-likeness (QED) is 0.816. The number of carbonyl (C=O) groups is 1. The van der Waals surface area contributed by atoms with Crippen LogP contribution in [0.5, 0.6) is 0 Å². The van der Waals surface area contributed by atoms with Crippen molar-refractivity contribution in [2.24, 2.45) is 17.6 Å². The molecule has 4 nitrogen and oxygen atoms in total. The maximum absolute atomic E-state index is 12.5. The summed E-state index contributed by atoms with van der Waals surface area (Å²) in [6.45, 7) is 6.55. The second kappa shape index (κ2) is 8.14. The van der Waals surface area contributed by atoms with Gasteiger partial charge in [0.05, 0.1) is 0 Å². The molecule has 0 radical (unpaired) electrons. The van der Waals surface area contributed by atoms with Gasteiger partial charge in [0.1, 0.15) is 0 Å². The van der Waals surface area contributed by atoms with Crippen molar-refractivity contribution < 1.29 is 4.79 Å². The lowest BCUT2D eigenvalue weighted by Gasteiger charge is -2.35. The van der Waals surface area contributed by atoms with E-state index in [1.165, 1.54) is 38.8 Å². The fourth-order valence-electron chi connectivity index (χ4n) is 3.79. The highest BCUT2D eigenvalue weighted by Gasteiger charge is 2.32. The number of nitrogens with two attached hydrogens (primary N) is 1. The normalized spacial score (nSPS) is 27.5. The number of rotatable bonds is 6. The van der Waals surface area contributed by atoms with Crippen molar-refractivity contribution in [2.75, 3.05) is 33.2 Å². The van der Waals surface area contributed by atoms with Crippen LogP contribution in [-0.4, -0.2) is 55.0 Å². The Morgan fingerprint density at radius 2 is 1.95 bits per heavy atom. The highest BCUT2D eigenvalue weighted by molar-refractivity contribution is 5.79. The molecular weight excluding hydrogens is 262 g/mol. The topological polar surface area (TPSA) is 49.6 Å². The van der Waals surface area contributed by atoms with E-state index in [1.807, 2.05) is 0 Å². The lowest BCUT2D eigenvalue weighted by molar-refractivity contribution is -0.136. The molecule has 4 heteroatoms. The van der Waals surface area contributed by atoms with E-state index < -0.39 is 0 Å². The highest BCUT2D eigenvalue weighted by atomic mass is 16.2. The minimum atomic E-state index is 0.212. The van der Waals surface area contributed by atoms with Crippen LogP contribution in [0.15, 0.2) is 0 Å². The Morgan fingerprint density at radius 3 is 2.52 bits per heavy atom. The summed E-state index contributed by atoms with van der Waals surface area (Å²) in [6, 6.07) is 0.253. The first kappa shape index (κ1) is 16.8. The molecule has 1 heterocycles. The van der Waals surface area contributed by atoms with E-state index in [-0.39, 0.29) is 12.0 Å². The molecule has 0 aromatic heterocycles. The maximum atomic E-state index is 12.5. The predicted octanol–water partition coefficient (Wildman–Crippen LogP) is 2.08. The van der Waals surface area contributed by atoms with Crippen LogP contribution >= 0.6 is 0 Å². The molecule has 1 aliphatic carbocycles. The zero-order valence-electron chi connectivity index (χ0n) is 13.9. The van der Waals surface area contributed by atoms with Crippen molar-refractivity contribution >= 4 is 5.91 Å². The molecule has 1 amide bonds. The van der Waals surface area contributed by atoms with E-state index in [1.54, 1.807) is 0 Å². The van der Waals surface area contributed by atoms with Crippen molar-refractivity contribution in [2.45, 2.75) is 57.9 Å². The van der Waals surface area contributed by atoms with Gasteiger partial charge in [-0.2, -0.15) is 0 Å². The number of hydrogen-bond acceptors (Lipinski definition) is 3. The first-order chi connectivity index (χ1) is 10.1. The molecule has 1 aliphatic heterocycles. The Hall–Kier alpha value is -0.610. The van der Waals surface area contributed by atoms with Crippen LogP contribution in [0.2, 0.25) is 0 Å². The molecule has 0 bridgehead atoms. The maximum Gasteiger partial charge on any atom is 0.225 e. The van der Waals surface area contributed by atoms with Gasteiger partial charge in [-0.3, -0.25) is 4.79 Å². The molecule has 0 spiro atoms. The van der Waals surface area contributed by atoms with E-state index in [9.17, 15) is 4.79 Å². The monoisotopic (exact) mass is 295 g/mol. The van der Waals surface area contributed by atoms with Gasteiger partial charge in [0, 0.05) is 31.6 Å². The Labute approximate surface area is 130 Å². The third-order valence-corrected chi connectivity index (χ3v) is 5.21. The Kier molecular flexibility index (Phi) is 6.49. The number of hydrogen-bond donors (Lipinski definition) is 1. The summed E-state index contributed by atoms with van der Waals surface area (Å²) >= 11 is 0. The number of nitrogens with zero attached hydrogens (tertiary/aromatic N) is 2. The molecular formula is C17H33N3O. The third-order valence-electron chi connectivity index (χ3n) is 5.21. The zero-order chi connectivity index (χ0) is 15.2. The van der Waals surface area contributed by atoms with Crippen LogP contribution in [0, 0.1) is 11.8 Å². The summed E-state index contributed by atoms with van der Waals surface area (Å²) in [4.78, 5) is 17.0. The molecule has 1 saturated heterocycles. The van der Waals surface area contributed by atoms with Crippen molar-refractivity contribution in [3.8, 4) is 0 Å². The van der Waals surface area contributed by atoms with E-state index in [0.29, 0.717) is 5.91 Å². The Balaban J connectivity index is 1.69. The van der Waals surface area contributed by atoms with Crippen molar-refractivity contribution in [1.82, 2.24) is 9.80 Å². The molecule has 21 heavy (non-hydrogen) atoms. The molecule has 2 unspecified atom stereocenters. The molecule has 0 aromatic rings. The number of carbonyl (C=O) groups excluding carboxylic acids is 1. The van der Waals surface area contributed by atoms with Crippen molar-refractivity contribution in [1.29, 1.82) is 0 Å². The summed E-state index contributed by atoms with van der Waals surface area (Å²) in [7, 11) is 2.23. The summed E-state index contributed by atoms with van der Waals surface area (Å²) in [5.74, 6) is 1.35. The first-order valence-corrected chi connectivity index (χ1v) is 8.83. The molecule has 2 N–H and O–H groups in total. The van der Waals surface area contributed by atoms with Gasteiger partial charge >= 0.3 is 0 Å². The van der Waals surface area contributed by atoms with Crippen LogP contribution in [0.1, 0.15) is 51.9 Å². The molecule has 2 aliphatic rings. The predicted molar refractivity (Wildman–Crippen MR) is 87.0 cm³/mol. The Bertz CT molecular complexity index is 326. The van der Waals surface area contributed by atoms with E-state index >= 15 is 0 Å². The van der Waals surface area contributed by atoms with Crippen molar-refractivity contribution in [3.05, 3.63) is 0 Å². The zero-order valence-corrected chi connectivity index (χ0v) is 13.9. The lowest BCUT2D eigenvalue weighted by Crippen LogP contribution is -2.43. The van der Waals surface area contributed by atoms with Crippen LogP contribution in [-0.2, 0) is 4.79 Å². The summed E-state index contributed by atoms with van der Waals surface area (Å²) in [6.07, 6.45) is 7.81. The van der Waals surface area contributed by atoms with Crippen LogP contribution < -0.4 is 5.73 Å². The fraction of sp³-hybridized carbons (Fsp3) is 0.941. The van der Waals surface area contributed by atoms with Gasteiger partial charge in [0.2, 0.25) is 5.91 Å². The summed E-state index contributed by atoms with van der Waals surface area (Å²) < 4.78 is 0. The van der Waals surface area contributed by atoms with Crippen LogP contribution in [0.3, 0.4) is 0 Å². The fourth-order valence-corrected chi connectivity index (χ4v) is 3.79. The Morgan fingerprint density at radius 1 is 1.24 bits per heavy atom. The van der Waals surface area contributed by atoms with Gasteiger partial charge < -0.3 is 15.5 Å². The largest absolute Gasteiger partial charge is 0.342 e. The highest BCUT2D eigenvalue weighted by Crippen LogP contribution is 2.28. The van der Waals surface area contributed by atoms with E-state index in [0.717, 1.165) is 38.3 Å². The molecule has 2 rings (SSSR count). The molecule has 2 atom stereocenters. The van der Waals surface area contributed by atoms with Gasteiger partial charge in [0.25, 0.3) is 0 Å².